The summed E-state index contributed by atoms with van der Waals surface area (Å²) in [6.07, 6.45) is 0.675. The van der Waals surface area contributed by atoms with Crippen LogP contribution < -0.4 is 10.1 Å². The molecule has 106 valence electrons. The zero-order valence-corrected chi connectivity index (χ0v) is 11.2. The lowest BCUT2D eigenvalue weighted by atomic mass is 10.1. The molecule has 1 N–H and O–H groups in total. The molecule has 2 rings (SSSR count). The summed E-state index contributed by atoms with van der Waals surface area (Å²) in [5.74, 6) is -0.236. The molecule has 0 saturated carbocycles. The second-order valence-corrected chi connectivity index (χ2v) is 4.75. The van der Waals surface area contributed by atoms with Crippen molar-refractivity contribution in [1.82, 2.24) is 10.2 Å². The molecular weight excluding hydrogens is 250 g/mol. The van der Waals surface area contributed by atoms with Gasteiger partial charge in [-0.25, -0.2) is 8.78 Å². The third-order valence-electron chi connectivity index (χ3n) is 3.45. The number of nitrogens with one attached hydrogen (secondary N) is 1. The van der Waals surface area contributed by atoms with Crippen molar-refractivity contribution in [2.24, 2.45) is 0 Å². The Bertz CT molecular complexity index is 420. The molecule has 1 fully saturated rings. The minimum atomic E-state index is -0.651. The van der Waals surface area contributed by atoms with E-state index in [0.29, 0.717) is 12.0 Å². The van der Waals surface area contributed by atoms with Gasteiger partial charge in [-0.15, -0.1) is 0 Å². The lowest BCUT2D eigenvalue weighted by Crippen LogP contribution is -2.44. The van der Waals surface area contributed by atoms with Crippen LogP contribution in [-0.2, 0) is 13.1 Å². The zero-order valence-electron chi connectivity index (χ0n) is 11.2. The Morgan fingerprint density at radius 3 is 2.68 bits per heavy atom. The first kappa shape index (κ1) is 14.2. The minimum absolute atomic E-state index is 0.243. The predicted molar refractivity (Wildman–Crippen MR) is 70.8 cm³/mol. The van der Waals surface area contributed by atoms with Gasteiger partial charge < -0.3 is 15.0 Å². The van der Waals surface area contributed by atoms with Crippen molar-refractivity contribution in [2.45, 2.75) is 13.1 Å². The third kappa shape index (κ3) is 3.64. The summed E-state index contributed by atoms with van der Waals surface area (Å²) < 4.78 is 31.5. The standard InChI is InChI=1S/C14H20F2N2O/c1-19-14-12(8-11(10-15)9-13(14)16)2-5-18-6-3-17-4-7-18/h8-9,17H,2-7,10H2,1H3. The molecule has 0 amide bonds. The lowest BCUT2D eigenvalue weighted by Gasteiger charge is -2.27. The van der Waals surface area contributed by atoms with E-state index < -0.39 is 12.5 Å². The number of benzene rings is 1. The van der Waals surface area contributed by atoms with Crippen molar-refractivity contribution in [1.29, 1.82) is 0 Å². The summed E-state index contributed by atoms with van der Waals surface area (Å²) in [6.45, 7) is 4.14. The molecule has 0 spiro atoms. The summed E-state index contributed by atoms with van der Waals surface area (Å²) in [5.41, 5.74) is 1.11. The summed E-state index contributed by atoms with van der Waals surface area (Å²) in [5, 5.41) is 3.29. The second-order valence-electron chi connectivity index (χ2n) is 4.75. The highest BCUT2D eigenvalue weighted by Crippen LogP contribution is 2.25. The van der Waals surface area contributed by atoms with Gasteiger partial charge in [-0.3, -0.25) is 0 Å². The largest absolute Gasteiger partial charge is 0.493 e. The zero-order chi connectivity index (χ0) is 13.7. The van der Waals surface area contributed by atoms with Crippen LogP contribution in [0.1, 0.15) is 11.1 Å². The molecule has 0 radical (unpaired) electrons. The van der Waals surface area contributed by atoms with Crippen molar-refractivity contribution < 1.29 is 13.5 Å². The number of hydrogen-bond acceptors (Lipinski definition) is 3. The molecule has 1 heterocycles. The highest BCUT2D eigenvalue weighted by molar-refractivity contribution is 5.39. The van der Waals surface area contributed by atoms with Crippen LogP contribution in [0.25, 0.3) is 0 Å². The Kier molecular flexibility index (Phi) is 5.10. The van der Waals surface area contributed by atoms with Gasteiger partial charge >= 0.3 is 0 Å². The van der Waals surface area contributed by atoms with Gasteiger partial charge in [0.2, 0.25) is 0 Å². The first-order chi connectivity index (χ1) is 9.24. The van der Waals surface area contributed by atoms with E-state index in [0.717, 1.165) is 38.3 Å². The van der Waals surface area contributed by atoms with E-state index in [1.54, 1.807) is 6.07 Å². The Morgan fingerprint density at radius 2 is 2.05 bits per heavy atom. The maximum Gasteiger partial charge on any atom is 0.165 e. The van der Waals surface area contributed by atoms with Crippen LogP contribution in [0.2, 0.25) is 0 Å². The average Bonchev–Trinajstić information content (AvgIpc) is 2.45. The van der Waals surface area contributed by atoms with Crippen LogP contribution in [0.3, 0.4) is 0 Å². The SMILES string of the molecule is COc1c(F)cc(CF)cc1CCN1CCNCC1. The van der Waals surface area contributed by atoms with Crippen molar-refractivity contribution in [3.63, 3.8) is 0 Å². The molecule has 0 unspecified atom stereocenters. The average molecular weight is 270 g/mol. The van der Waals surface area contributed by atoms with E-state index in [4.69, 9.17) is 4.74 Å². The van der Waals surface area contributed by atoms with Gasteiger partial charge in [0.05, 0.1) is 7.11 Å². The van der Waals surface area contributed by atoms with Crippen LogP contribution in [0.4, 0.5) is 8.78 Å². The smallest absolute Gasteiger partial charge is 0.165 e. The highest BCUT2D eigenvalue weighted by atomic mass is 19.1. The molecule has 3 nitrogen and oxygen atoms in total. The number of nitrogens with zero attached hydrogens (tertiary/aromatic N) is 1. The monoisotopic (exact) mass is 270 g/mol. The van der Waals surface area contributed by atoms with Crippen molar-refractivity contribution >= 4 is 0 Å². The van der Waals surface area contributed by atoms with Crippen LogP contribution >= 0.6 is 0 Å². The summed E-state index contributed by atoms with van der Waals surface area (Å²) in [7, 11) is 1.45. The summed E-state index contributed by atoms with van der Waals surface area (Å²) in [4.78, 5) is 2.32. The highest BCUT2D eigenvalue weighted by Gasteiger charge is 2.14. The molecular formula is C14H20F2N2O. The van der Waals surface area contributed by atoms with Gasteiger partial charge in [-0.2, -0.15) is 0 Å². The number of piperazine rings is 1. The summed E-state index contributed by atoms with van der Waals surface area (Å²) >= 11 is 0. The van der Waals surface area contributed by atoms with Gasteiger partial charge in [0.25, 0.3) is 0 Å². The van der Waals surface area contributed by atoms with Crippen LogP contribution in [0.5, 0.6) is 5.75 Å². The van der Waals surface area contributed by atoms with Gasteiger partial charge in [-0.05, 0) is 29.7 Å². The van der Waals surface area contributed by atoms with Crippen LogP contribution in [-0.4, -0.2) is 44.7 Å². The molecule has 1 aliphatic heterocycles. The molecule has 0 aromatic heterocycles. The number of halogens is 2. The molecule has 0 bridgehead atoms. The molecule has 5 heteroatoms. The van der Waals surface area contributed by atoms with Crippen molar-refractivity contribution in [3.8, 4) is 5.75 Å². The van der Waals surface area contributed by atoms with E-state index >= 15 is 0 Å². The topological polar surface area (TPSA) is 24.5 Å². The van der Waals surface area contributed by atoms with Gasteiger partial charge in [0.1, 0.15) is 6.67 Å². The first-order valence-corrected chi connectivity index (χ1v) is 6.59. The fraction of sp³-hybridized carbons (Fsp3) is 0.571. The quantitative estimate of drug-likeness (QED) is 0.882. The molecule has 0 atom stereocenters. The van der Waals surface area contributed by atoms with Crippen molar-refractivity contribution in [3.05, 3.63) is 29.1 Å². The van der Waals surface area contributed by atoms with E-state index in [-0.39, 0.29) is 5.75 Å². The number of hydrogen-bond donors (Lipinski definition) is 1. The van der Waals surface area contributed by atoms with Gasteiger partial charge in [0.15, 0.2) is 11.6 Å². The fourth-order valence-electron chi connectivity index (χ4n) is 2.42. The molecule has 1 aliphatic rings. The second kappa shape index (κ2) is 6.82. The molecule has 19 heavy (non-hydrogen) atoms. The number of ether oxygens (including phenoxy) is 1. The predicted octanol–water partition coefficient (Wildman–Crippen LogP) is 1.75. The minimum Gasteiger partial charge on any atom is -0.493 e. The maximum atomic E-state index is 13.7. The number of alkyl halides is 1. The van der Waals surface area contributed by atoms with E-state index in [9.17, 15) is 8.78 Å². The Hall–Kier alpha value is -1.20. The van der Waals surface area contributed by atoms with E-state index in [2.05, 4.69) is 10.2 Å². The van der Waals surface area contributed by atoms with Crippen LogP contribution in [0, 0.1) is 5.82 Å². The Balaban J connectivity index is 2.06. The van der Waals surface area contributed by atoms with Crippen LogP contribution in [0.15, 0.2) is 12.1 Å². The van der Waals surface area contributed by atoms with E-state index in [1.165, 1.54) is 13.2 Å². The number of methoxy groups -OCH3 is 1. The summed E-state index contributed by atoms with van der Waals surface area (Å²) in [6, 6.07) is 2.90. The Morgan fingerprint density at radius 1 is 1.32 bits per heavy atom. The Labute approximate surface area is 112 Å². The molecule has 1 aromatic carbocycles. The normalized spacial score (nSPS) is 16.6. The van der Waals surface area contributed by atoms with Crippen molar-refractivity contribution in [2.75, 3.05) is 39.8 Å². The lowest BCUT2D eigenvalue weighted by molar-refractivity contribution is 0.242. The molecule has 1 aromatic rings. The third-order valence-corrected chi connectivity index (χ3v) is 3.45. The molecule has 1 saturated heterocycles. The molecule has 0 aliphatic carbocycles. The maximum absolute atomic E-state index is 13.7. The number of rotatable bonds is 5. The van der Waals surface area contributed by atoms with Gasteiger partial charge in [0, 0.05) is 32.7 Å². The van der Waals surface area contributed by atoms with Gasteiger partial charge in [-0.1, -0.05) is 0 Å². The first-order valence-electron chi connectivity index (χ1n) is 6.59. The fourth-order valence-corrected chi connectivity index (χ4v) is 2.42. The van der Waals surface area contributed by atoms with E-state index in [1.807, 2.05) is 0 Å².